The van der Waals surface area contributed by atoms with Crippen LogP contribution in [0.3, 0.4) is 0 Å². The summed E-state index contributed by atoms with van der Waals surface area (Å²) in [5.41, 5.74) is 0. The molecule has 0 heterocycles. The summed E-state index contributed by atoms with van der Waals surface area (Å²) in [6.45, 7) is 0.290. The molecule has 0 spiro atoms. The molecule has 0 N–H and O–H groups in total. The van der Waals surface area contributed by atoms with Gasteiger partial charge in [0.1, 0.15) is 5.75 Å². The molecule has 2 nitrogen and oxygen atoms in total. The average Bonchev–Trinajstić information content (AvgIpc) is 2.28. The highest BCUT2D eigenvalue weighted by atomic mass is 35.5. The molecule has 0 unspecified atom stereocenters. The van der Waals surface area contributed by atoms with E-state index in [1.54, 1.807) is 18.9 Å². The number of alkyl halides is 1. The second kappa shape index (κ2) is 7.85. The number of methoxy groups -OCH3 is 1. The summed E-state index contributed by atoms with van der Waals surface area (Å²) >= 11 is 7.41. The molecule has 0 fully saturated rings. The minimum Gasteiger partial charge on any atom is -0.468 e. The molecule has 0 bridgehead atoms. The van der Waals surface area contributed by atoms with Gasteiger partial charge >= 0.3 is 0 Å². The van der Waals surface area contributed by atoms with Crippen LogP contribution in [-0.2, 0) is 4.74 Å². The van der Waals surface area contributed by atoms with Crippen molar-refractivity contribution in [1.29, 1.82) is 0 Å². The van der Waals surface area contributed by atoms with Crippen LogP contribution >= 0.6 is 23.4 Å². The van der Waals surface area contributed by atoms with Crippen LogP contribution in [0.1, 0.15) is 6.42 Å². The zero-order valence-electron chi connectivity index (χ0n) is 8.74. The van der Waals surface area contributed by atoms with Gasteiger partial charge in [-0.15, -0.1) is 23.4 Å². The van der Waals surface area contributed by atoms with Crippen molar-refractivity contribution in [2.24, 2.45) is 0 Å². The quantitative estimate of drug-likeness (QED) is 0.318. The van der Waals surface area contributed by atoms with Crippen LogP contribution in [-0.4, -0.2) is 25.5 Å². The van der Waals surface area contributed by atoms with Crippen LogP contribution in [0.25, 0.3) is 0 Å². The Morgan fingerprint density at radius 1 is 1.27 bits per heavy atom. The van der Waals surface area contributed by atoms with Gasteiger partial charge in [0.25, 0.3) is 0 Å². The molecule has 1 aromatic rings. The van der Waals surface area contributed by atoms with E-state index in [4.69, 9.17) is 21.1 Å². The second-order valence-electron chi connectivity index (χ2n) is 2.91. The second-order valence-corrected chi connectivity index (χ2v) is 4.46. The number of thioether (sulfide) groups is 1. The Kier molecular flexibility index (Phi) is 6.64. The van der Waals surface area contributed by atoms with Crippen LogP contribution < -0.4 is 4.74 Å². The molecular formula is C11H15ClO2S. The molecule has 1 aromatic carbocycles. The van der Waals surface area contributed by atoms with Crippen LogP contribution in [0.15, 0.2) is 29.2 Å². The highest BCUT2D eigenvalue weighted by Gasteiger charge is 1.95. The molecule has 0 amide bonds. The summed E-state index contributed by atoms with van der Waals surface area (Å²) in [5, 5.41) is 0. The minimum absolute atomic E-state index is 0.290. The molecule has 0 aliphatic rings. The topological polar surface area (TPSA) is 18.5 Å². The molecule has 0 saturated carbocycles. The third-order valence-corrected chi connectivity index (χ3v) is 3.08. The van der Waals surface area contributed by atoms with Crippen LogP contribution in [0.5, 0.6) is 5.75 Å². The first-order valence-electron chi connectivity index (χ1n) is 4.77. The van der Waals surface area contributed by atoms with E-state index < -0.39 is 0 Å². The molecular weight excluding hydrogens is 232 g/mol. The van der Waals surface area contributed by atoms with Crippen molar-refractivity contribution in [2.45, 2.75) is 11.3 Å². The van der Waals surface area contributed by atoms with E-state index in [0.29, 0.717) is 6.79 Å². The Morgan fingerprint density at radius 3 is 2.60 bits per heavy atom. The Balaban J connectivity index is 2.35. The predicted octanol–water partition coefficient (Wildman–Crippen LogP) is 3.39. The fourth-order valence-corrected chi connectivity index (χ4v) is 2.15. The van der Waals surface area contributed by atoms with Gasteiger partial charge in [-0.2, -0.15) is 0 Å². The van der Waals surface area contributed by atoms with E-state index >= 15 is 0 Å². The van der Waals surface area contributed by atoms with Gasteiger partial charge in [0, 0.05) is 17.9 Å². The summed E-state index contributed by atoms with van der Waals surface area (Å²) in [6, 6.07) is 7.98. The first kappa shape index (κ1) is 12.7. The summed E-state index contributed by atoms with van der Waals surface area (Å²) in [4.78, 5) is 1.24. The normalized spacial score (nSPS) is 10.3. The lowest BCUT2D eigenvalue weighted by atomic mass is 10.3. The summed E-state index contributed by atoms with van der Waals surface area (Å²) in [5.74, 6) is 2.61. The number of benzene rings is 1. The van der Waals surface area contributed by atoms with E-state index in [2.05, 4.69) is 0 Å². The lowest BCUT2D eigenvalue weighted by Crippen LogP contribution is -1.98. The minimum atomic E-state index is 0.290. The van der Waals surface area contributed by atoms with Crippen LogP contribution in [0.2, 0.25) is 0 Å². The molecule has 0 atom stereocenters. The third kappa shape index (κ3) is 5.30. The largest absolute Gasteiger partial charge is 0.468 e. The zero-order valence-corrected chi connectivity index (χ0v) is 10.3. The van der Waals surface area contributed by atoms with Crippen LogP contribution in [0.4, 0.5) is 0 Å². The lowest BCUT2D eigenvalue weighted by Gasteiger charge is -2.05. The van der Waals surface area contributed by atoms with E-state index in [1.807, 2.05) is 24.3 Å². The number of halogens is 1. The first-order chi connectivity index (χ1) is 7.36. The molecule has 15 heavy (non-hydrogen) atoms. The fourth-order valence-electron chi connectivity index (χ4n) is 1.00. The average molecular weight is 247 g/mol. The van der Waals surface area contributed by atoms with Crippen molar-refractivity contribution in [3.8, 4) is 5.75 Å². The van der Waals surface area contributed by atoms with Gasteiger partial charge < -0.3 is 9.47 Å². The van der Waals surface area contributed by atoms with Gasteiger partial charge in [0.05, 0.1) is 0 Å². The van der Waals surface area contributed by atoms with Gasteiger partial charge in [-0.1, -0.05) is 0 Å². The Bertz CT molecular complexity index is 264. The van der Waals surface area contributed by atoms with Crippen molar-refractivity contribution >= 4 is 23.4 Å². The van der Waals surface area contributed by atoms with E-state index in [1.165, 1.54) is 4.90 Å². The van der Waals surface area contributed by atoms with Gasteiger partial charge in [-0.3, -0.25) is 0 Å². The standard InChI is InChI=1S/C11H15ClO2S/c1-13-9-14-10-3-5-11(6-4-10)15-8-2-7-12/h3-6H,2,7-9H2,1H3. The summed E-state index contributed by atoms with van der Waals surface area (Å²) < 4.78 is 10.1. The Labute approximate surface area is 99.9 Å². The van der Waals surface area contributed by atoms with Crippen molar-refractivity contribution in [2.75, 3.05) is 25.5 Å². The SMILES string of the molecule is COCOc1ccc(SCCCCl)cc1. The van der Waals surface area contributed by atoms with E-state index in [9.17, 15) is 0 Å². The number of hydrogen-bond donors (Lipinski definition) is 0. The highest BCUT2D eigenvalue weighted by molar-refractivity contribution is 7.99. The molecule has 0 aromatic heterocycles. The van der Waals surface area contributed by atoms with Gasteiger partial charge in [0.15, 0.2) is 6.79 Å². The lowest BCUT2D eigenvalue weighted by molar-refractivity contribution is 0.0511. The molecule has 4 heteroatoms. The molecule has 0 aliphatic carbocycles. The molecule has 1 rings (SSSR count). The number of hydrogen-bond acceptors (Lipinski definition) is 3. The smallest absolute Gasteiger partial charge is 0.188 e. The zero-order chi connectivity index (χ0) is 10.9. The maximum atomic E-state index is 5.60. The van der Waals surface area contributed by atoms with Crippen molar-refractivity contribution < 1.29 is 9.47 Å². The molecule has 84 valence electrons. The maximum absolute atomic E-state index is 5.60. The maximum Gasteiger partial charge on any atom is 0.188 e. The predicted molar refractivity (Wildman–Crippen MR) is 65.0 cm³/mol. The number of ether oxygens (including phenoxy) is 2. The van der Waals surface area contributed by atoms with Crippen molar-refractivity contribution in [1.82, 2.24) is 0 Å². The first-order valence-corrected chi connectivity index (χ1v) is 6.29. The van der Waals surface area contributed by atoms with Crippen LogP contribution in [0, 0.1) is 0 Å². The van der Waals surface area contributed by atoms with Crippen molar-refractivity contribution in [3.63, 3.8) is 0 Å². The molecule has 0 radical (unpaired) electrons. The van der Waals surface area contributed by atoms with Gasteiger partial charge in [-0.25, -0.2) is 0 Å². The number of rotatable bonds is 7. The summed E-state index contributed by atoms with van der Waals surface area (Å²) in [6.07, 6.45) is 1.04. The highest BCUT2D eigenvalue weighted by Crippen LogP contribution is 2.22. The Hall–Kier alpha value is -0.380. The summed E-state index contributed by atoms with van der Waals surface area (Å²) in [7, 11) is 1.61. The van der Waals surface area contributed by atoms with Crippen molar-refractivity contribution in [3.05, 3.63) is 24.3 Å². The third-order valence-electron chi connectivity index (χ3n) is 1.71. The van der Waals surface area contributed by atoms with Gasteiger partial charge in [-0.05, 0) is 36.4 Å². The van der Waals surface area contributed by atoms with E-state index in [-0.39, 0.29) is 0 Å². The van der Waals surface area contributed by atoms with E-state index in [0.717, 1.165) is 23.8 Å². The molecule has 0 saturated heterocycles. The molecule has 0 aliphatic heterocycles. The fraction of sp³-hybridized carbons (Fsp3) is 0.455. The van der Waals surface area contributed by atoms with Gasteiger partial charge in [0.2, 0.25) is 0 Å². The monoisotopic (exact) mass is 246 g/mol. The Morgan fingerprint density at radius 2 is 2.00 bits per heavy atom.